The van der Waals surface area contributed by atoms with Crippen LogP contribution < -0.4 is 4.90 Å². The predicted octanol–water partition coefficient (Wildman–Crippen LogP) is 7.14. The Morgan fingerprint density at radius 1 is 0.912 bits per heavy atom. The highest BCUT2D eigenvalue weighted by molar-refractivity contribution is 6.30. The van der Waals surface area contributed by atoms with Gasteiger partial charge < -0.3 is 9.80 Å². The van der Waals surface area contributed by atoms with Crippen LogP contribution in [0.3, 0.4) is 0 Å². The predicted molar refractivity (Wildman–Crippen MR) is 132 cm³/mol. The van der Waals surface area contributed by atoms with Gasteiger partial charge in [0.1, 0.15) is 0 Å². The van der Waals surface area contributed by atoms with Crippen molar-refractivity contribution in [1.82, 2.24) is 4.90 Å². The molecule has 0 bridgehead atoms. The van der Waals surface area contributed by atoms with Crippen molar-refractivity contribution < 1.29 is 13.6 Å². The molecule has 2 fully saturated rings. The van der Waals surface area contributed by atoms with Crippen molar-refractivity contribution in [3.05, 3.63) is 75.5 Å². The average molecular weight is 485 g/mol. The lowest BCUT2D eigenvalue weighted by Crippen LogP contribution is -2.41. The minimum Gasteiger partial charge on any atom is -0.345 e. The van der Waals surface area contributed by atoms with Crippen LogP contribution in [0.2, 0.25) is 5.02 Å². The lowest BCUT2D eigenvalue weighted by atomic mass is 9.88. The van der Waals surface area contributed by atoms with E-state index < -0.39 is 17.5 Å². The van der Waals surface area contributed by atoms with Crippen molar-refractivity contribution in [2.75, 3.05) is 24.5 Å². The quantitative estimate of drug-likeness (QED) is 0.462. The molecular weight excluding hydrogens is 454 g/mol. The van der Waals surface area contributed by atoms with E-state index in [1.807, 2.05) is 6.07 Å². The molecule has 3 aliphatic rings. The highest BCUT2D eigenvalue weighted by Gasteiger charge is 2.33. The number of aryl methyl sites for hydroxylation is 1. The van der Waals surface area contributed by atoms with E-state index in [1.54, 1.807) is 10.5 Å². The fourth-order valence-corrected chi connectivity index (χ4v) is 6.12. The van der Waals surface area contributed by atoms with Crippen LogP contribution in [-0.4, -0.2) is 30.4 Å². The highest BCUT2D eigenvalue weighted by atomic mass is 35.5. The van der Waals surface area contributed by atoms with E-state index in [9.17, 15) is 13.6 Å². The van der Waals surface area contributed by atoms with E-state index in [1.165, 1.54) is 41.9 Å². The Morgan fingerprint density at radius 2 is 1.65 bits per heavy atom. The molecule has 1 aliphatic carbocycles. The molecule has 5 rings (SSSR count). The van der Waals surface area contributed by atoms with Gasteiger partial charge in [-0.3, -0.25) is 4.79 Å². The molecule has 0 spiro atoms. The van der Waals surface area contributed by atoms with Gasteiger partial charge in [-0.05, 0) is 93.7 Å². The van der Waals surface area contributed by atoms with Crippen LogP contribution >= 0.6 is 11.6 Å². The van der Waals surface area contributed by atoms with Gasteiger partial charge in [0.25, 0.3) is 5.91 Å². The third-order valence-corrected chi connectivity index (χ3v) is 7.86. The first-order valence-corrected chi connectivity index (χ1v) is 12.9. The first kappa shape index (κ1) is 23.3. The van der Waals surface area contributed by atoms with Crippen LogP contribution in [0.5, 0.6) is 0 Å². The van der Waals surface area contributed by atoms with Crippen LogP contribution in [0.1, 0.15) is 67.3 Å². The van der Waals surface area contributed by atoms with E-state index in [4.69, 9.17) is 11.6 Å². The molecule has 2 aliphatic heterocycles. The molecule has 6 heteroatoms. The summed E-state index contributed by atoms with van der Waals surface area (Å²) in [7, 11) is 0. The van der Waals surface area contributed by atoms with E-state index in [-0.39, 0.29) is 5.56 Å². The summed E-state index contributed by atoms with van der Waals surface area (Å²) in [5.41, 5.74) is 5.42. The average Bonchev–Trinajstić information content (AvgIpc) is 3.29. The van der Waals surface area contributed by atoms with Gasteiger partial charge in [0.05, 0.1) is 5.56 Å². The lowest BCUT2D eigenvalue weighted by molar-refractivity contribution is 0.0695. The number of piperidine rings is 1. The van der Waals surface area contributed by atoms with Gasteiger partial charge in [-0.1, -0.05) is 23.2 Å². The summed E-state index contributed by atoms with van der Waals surface area (Å²) in [5, 5.41) is 0.784. The molecule has 3 nitrogen and oxygen atoms in total. The van der Waals surface area contributed by atoms with Gasteiger partial charge in [0.15, 0.2) is 11.6 Å². The minimum atomic E-state index is -1.05. The molecule has 180 valence electrons. The molecule has 0 radical (unpaired) electrons. The zero-order valence-electron chi connectivity index (χ0n) is 19.5. The standard InChI is InChI=1S/C28H31ClF2N2O/c29-22-11-12-25-21(18-22)8-3-4-15-33(25)27(19-6-1-2-7-19)20-13-16-32(17-14-20)28(34)23-9-5-10-24(30)26(23)31/h5,9-12,18,20H,1-4,6-8,13-17H2. The van der Waals surface area contributed by atoms with Gasteiger partial charge in [-0.2, -0.15) is 0 Å². The number of nitrogens with zero attached hydrogens (tertiary/aromatic N) is 2. The van der Waals surface area contributed by atoms with Crippen molar-refractivity contribution in [3.63, 3.8) is 0 Å². The smallest absolute Gasteiger partial charge is 0.256 e. The molecular formula is C28H31ClF2N2O. The van der Waals surface area contributed by atoms with Crippen LogP contribution in [0.15, 0.2) is 47.7 Å². The number of amides is 1. The van der Waals surface area contributed by atoms with Gasteiger partial charge in [-0.25, -0.2) is 8.78 Å². The molecule has 1 saturated carbocycles. The zero-order valence-corrected chi connectivity index (χ0v) is 20.2. The molecule has 1 saturated heterocycles. The van der Waals surface area contributed by atoms with Crippen molar-refractivity contribution in [2.24, 2.45) is 5.92 Å². The summed E-state index contributed by atoms with van der Waals surface area (Å²) in [6.45, 7) is 2.11. The molecule has 2 heterocycles. The molecule has 2 aromatic rings. The first-order valence-electron chi connectivity index (χ1n) is 12.5. The fraction of sp³-hybridized carbons (Fsp3) is 0.464. The van der Waals surface area contributed by atoms with Gasteiger partial charge in [0, 0.05) is 42.0 Å². The molecule has 1 amide bonds. The summed E-state index contributed by atoms with van der Waals surface area (Å²) in [5.74, 6) is -2.09. The summed E-state index contributed by atoms with van der Waals surface area (Å²) >= 11 is 6.33. The molecule has 2 aromatic carbocycles. The van der Waals surface area contributed by atoms with E-state index in [2.05, 4.69) is 17.0 Å². The van der Waals surface area contributed by atoms with Crippen molar-refractivity contribution in [1.29, 1.82) is 0 Å². The van der Waals surface area contributed by atoms with Crippen molar-refractivity contribution >= 4 is 23.2 Å². The maximum Gasteiger partial charge on any atom is 0.256 e. The maximum atomic E-state index is 14.2. The number of carbonyl (C=O) groups excluding carboxylic acids is 1. The molecule has 0 atom stereocenters. The van der Waals surface area contributed by atoms with Crippen molar-refractivity contribution in [2.45, 2.75) is 57.8 Å². The number of likely N-dealkylation sites (tertiary alicyclic amines) is 1. The second-order valence-electron chi connectivity index (χ2n) is 9.75. The highest BCUT2D eigenvalue weighted by Crippen LogP contribution is 2.41. The topological polar surface area (TPSA) is 23.6 Å². The molecule has 0 N–H and O–H groups in total. The maximum absolute atomic E-state index is 14.2. The van der Waals surface area contributed by atoms with E-state index in [0.717, 1.165) is 62.6 Å². The first-order chi connectivity index (χ1) is 16.5. The monoisotopic (exact) mass is 484 g/mol. The minimum absolute atomic E-state index is 0.175. The number of carbonyl (C=O) groups is 1. The second kappa shape index (κ2) is 10.1. The number of fused-ring (bicyclic) bond motifs is 1. The summed E-state index contributed by atoms with van der Waals surface area (Å²) in [6, 6.07) is 10.1. The Labute approximate surface area is 205 Å². The molecule has 0 unspecified atom stereocenters. The number of benzene rings is 2. The Morgan fingerprint density at radius 3 is 2.41 bits per heavy atom. The number of rotatable bonds is 3. The van der Waals surface area contributed by atoms with Gasteiger partial charge >= 0.3 is 0 Å². The van der Waals surface area contributed by atoms with Gasteiger partial charge in [0.2, 0.25) is 0 Å². The third kappa shape index (κ3) is 4.59. The second-order valence-corrected chi connectivity index (χ2v) is 10.2. The number of halogens is 3. The van der Waals surface area contributed by atoms with E-state index in [0.29, 0.717) is 19.0 Å². The van der Waals surface area contributed by atoms with Crippen LogP contribution in [0, 0.1) is 17.6 Å². The summed E-state index contributed by atoms with van der Waals surface area (Å²) in [6.07, 6.45) is 9.75. The largest absolute Gasteiger partial charge is 0.345 e. The SMILES string of the molecule is O=C(c1cccc(F)c1F)N1CCC(C(=C2CCCC2)N2CCCCc3cc(Cl)ccc32)CC1. The zero-order chi connectivity index (χ0) is 23.7. The number of anilines is 1. The Bertz CT molecular complexity index is 1100. The normalized spacial score (nSPS) is 19.2. The number of allylic oxidation sites excluding steroid dienone is 2. The third-order valence-electron chi connectivity index (χ3n) is 7.62. The van der Waals surface area contributed by atoms with Crippen molar-refractivity contribution in [3.8, 4) is 0 Å². The number of hydrogen-bond acceptors (Lipinski definition) is 2. The van der Waals surface area contributed by atoms with Crippen LogP contribution in [-0.2, 0) is 6.42 Å². The Kier molecular flexibility index (Phi) is 6.91. The van der Waals surface area contributed by atoms with Crippen LogP contribution in [0.4, 0.5) is 14.5 Å². The Balaban J connectivity index is 1.40. The summed E-state index contributed by atoms with van der Waals surface area (Å²) in [4.78, 5) is 17.2. The number of hydrogen-bond donors (Lipinski definition) is 0. The molecule has 0 aromatic heterocycles. The lowest BCUT2D eigenvalue weighted by Gasteiger charge is -2.39. The summed E-state index contributed by atoms with van der Waals surface area (Å²) < 4.78 is 27.9. The fourth-order valence-electron chi connectivity index (χ4n) is 5.93. The Hall–Kier alpha value is -2.40. The van der Waals surface area contributed by atoms with Gasteiger partial charge in [-0.15, -0.1) is 0 Å². The van der Waals surface area contributed by atoms with Crippen LogP contribution in [0.25, 0.3) is 0 Å². The van der Waals surface area contributed by atoms with E-state index >= 15 is 0 Å². The molecule has 34 heavy (non-hydrogen) atoms.